The first-order valence-corrected chi connectivity index (χ1v) is 8.76. The summed E-state index contributed by atoms with van der Waals surface area (Å²) in [6.07, 6.45) is 0. The summed E-state index contributed by atoms with van der Waals surface area (Å²) < 4.78 is 5.57. The maximum absolute atomic E-state index is 12.1. The maximum atomic E-state index is 12.1. The molecule has 9 nitrogen and oxygen atoms in total. The van der Waals surface area contributed by atoms with Crippen LogP contribution in [0.5, 0.6) is 0 Å². The van der Waals surface area contributed by atoms with Crippen molar-refractivity contribution in [2.45, 2.75) is 27.4 Å². The smallest absolute Gasteiger partial charge is 0.275 e. The average Bonchev–Trinajstić information content (AvgIpc) is 2.69. The molecule has 0 aliphatic rings. The third-order valence-corrected chi connectivity index (χ3v) is 3.36. The highest BCUT2D eigenvalue weighted by Gasteiger charge is 2.17. The van der Waals surface area contributed by atoms with E-state index in [1.54, 1.807) is 19.1 Å². The Hall–Kier alpha value is -3.10. The molecule has 0 saturated heterocycles. The number of benzene rings is 1. The van der Waals surface area contributed by atoms with Crippen LogP contribution in [-0.4, -0.2) is 51.1 Å². The van der Waals surface area contributed by atoms with Gasteiger partial charge in [-0.3, -0.25) is 4.79 Å². The molecule has 0 fully saturated rings. The lowest BCUT2D eigenvalue weighted by atomic mass is 10.0. The number of hydrogen-bond donors (Lipinski definition) is 1. The standard InChI is InChI=1S/C19H28N4O5/c1-13(2)11-27-19(23-26-6)14(3)21-28-12-15-9-7-8-10-16(15)17(22-25-5)18(24)20-4/h7-10,13H,11-12H2,1-6H3,(H,20,24)/b21-14+,22-17+,23-19-. The highest BCUT2D eigenvalue weighted by Crippen LogP contribution is 2.13. The van der Waals surface area contributed by atoms with Gasteiger partial charge in [0.05, 0.1) is 6.61 Å². The molecule has 1 aromatic carbocycles. The van der Waals surface area contributed by atoms with E-state index in [1.165, 1.54) is 21.3 Å². The monoisotopic (exact) mass is 392 g/mol. The van der Waals surface area contributed by atoms with E-state index in [1.807, 2.05) is 26.0 Å². The van der Waals surface area contributed by atoms with Crippen LogP contribution in [-0.2, 0) is 30.7 Å². The molecule has 0 unspecified atom stereocenters. The normalized spacial score (nSPS) is 12.6. The highest BCUT2D eigenvalue weighted by molar-refractivity contribution is 6.45. The first-order valence-electron chi connectivity index (χ1n) is 8.76. The number of nitrogens with zero attached hydrogens (tertiary/aromatic N) is 3. The van der Waals surface area contributed by atoms with Gasteiger partial charge in [0, 0.05) is 18.2 Å². The molecule has 0 aliphatic carbocycles. The van der Waals surface area contributed by atoms with Crippen molar-refractivity contribution in [3.05, 3.63) is 35.4 Å². The van der Waals surface area contributed by atoms with Gasteiger partial charge < -0.3 is 24.6 Å². The van der Waals surface area contributed by atoms with E-state index in [0.717, 1.165) is 0 Å². The Morgan fingerprint density at radius 2 is 1.79 bits per heavy atom. The van der Waals surface area contributed by atoms with Gasteiger partial charge in [0.2, 0.25) is 0 Å². The molecule has 0 atom stereocenters. The zero-order valence-electron chi connectivity index (χ0n) is 17.2. The quantitative estimate of drug-likeness (QED) is 0.374. The van der Waals surface area contributed by atoms with E-state index >= 15 is 0 Å². The predicted molar refractivity (Wildman–Crippen MR) is 107 cm³/mol. The Morgan fingerprint density at radius 3 is 2.39 bits per heavy atom. The molecule has 0 heterocycles. The molecular weight excluding hydrogens is 364 g/mol. The second-order valence-corrected chi connectivity index (χ2v) is 6.09. The molecule has 0 bridgehead atoms. The largest absolute Gasteiger partial charge is 0.474 e. The molecule has 0 aromatic heterocycles. The molecular formula is C19H28N4O5. The molecule has 0 saturated carbocycles. The molecule has 28 heavy (non-hydrogen) atoms. The van der Waals surface area contributed by atoms with E-state index in [4.69, 9.17) is 19.2 Å². The predicted octanol–water partition coefficient (Wildman–Crippen LogP) is 2.31. The first kappa shape index (κ1) is 22.9. The van der Waals surface area contributed by atoms with Crippen LogP contribution in [0.2, 0.25) is 0 Å². The van der Waals surface area contributed by atoms with Gasteiger partial charge in [0.15, 0.2) is 5.71 Å². The lowest BCUT2D eigenvalue weighted by Crippen LogP contribution is -2.29. The van der Waals surface area contributed by atoms with Gasteiger partial charge in [0.1, 0.15) is 26.5 Å². The third-order valence-electron chi connectivity index (χ3n) is 3.36. The fourth-order valence-electron chi connectivity index (χ4n) is 2.06. The van der Waals surface area contributed by atoms with Gasteiger partial charge in [-0.2, -0.15) is 0 Å². The van der Waals surface area contributed by atoms with Crippen LogP contribution in [0.15, 0.2) is 39.7 Å². The molecule has 1 amide bonds. The Bertz CT molecular complexity index is 729. The lowest BCUT2D eigenvalue weighted by molar-refractivity contribution is -0.114. The van der Waals surface area contributed by atoms with Crippen LogP contribution in [0.3, 0.4) is 0 Å². The van der Waals surface area contributed by atoms with Crippen LogP contribution in [0, 0.1) is 5.92 Å². The molecule has 0 aliphatic heterocycles. The van der Waals surface area contributed by atoms with E-state index in [-0.39, 0.29) is 24.1 Å². The second kappa shape index (κ2) is 12.3. The highest BCUT2D eigenvalue weighted by atomic mass is 16.6. The van der Waals surface area contributed by atoms with E-state index in [0.29, 0.717) is 29.4 Å². The molecule has 0 spiro atoms. The number of rotatable bonds is 10. The fourth-order valence-corrected chi connectivity index (χ4v) is 2.06. The van der Waals surface area contributed by atoms with Crippen molar-refractivity contribution in [3.63, 3.8) is 0 Å². The summed E-state index contributed by atoms with van der Waals surface area (Å²) in [6, 6.07) is 7.20. The summed E-state index contributed by atoms with van der Waals surface area (Å²) >= 11 is 0. The van der Waals surface area contributed by atoms with Gasteiger partial charge in [-0.25, -0.2) is 0 Å². The fraction of sp³-hybridized carbons (Fsp3) is 0.474. The number of amides is 1. The van der Waals surface area contributed by atoms with Crippen molar-refractivity contribution in [2.24, 2.45) is 21.4 Å². The first-order chi connectivity index (χ1) is 13.4. The van der Waals surface area contributed by atoms with Crippen LogP contribution in [0.25, 0.3) is 0 Å². The minimum atomic E-state index is -0.370. The number of nitrogens with one attached hydrogen (secondary N) is 1. The summed E-state index contributed by atoms with van der Waals surface area (Å²) in [7, 11) is 4.33. The average molecular weight is 392 g/mol. The van der Waals surface area contributed by atoms with Crippen molar-refractivity contribution >= 4 is 23.2 Å². The van der Waals surface area contributed by atoms with Crippen LogP contribution < -0.4 is 5.32 Å². The zero-order valence-corrected chi connectivity index (χ0v) is 17.2. The topological polar surface area (TPSA) is 103 Å². The Labute approximate surface area is 165 Å². The minimum absolute atomic E-state index is 0.109. The van der Waals surface area contributed by atoms with Crippen molar-refractivity contribution < 1.29 is 24.0 Å². The third kappa shape index (κ3) is 7.26. The SMILES string of the molecule is CNC(=O)/C(=N/OC)c1ccccc1CO/N=C(C)/C(=N/OC)OCC(C)C. The van der Waals surface area contributed by atoms with Gasteiger partial charge >= 0.3 is 0 Å². The van der Waals surface area contributed by atoms with Gasteiger partial charge in [0.25, 0.3) is 11.8 Å². The Balaban J connectivity index is 2.95. The Morgan fingerprint density at radius 1 is 1.11 bits per heavy atom. The lowest BCUT2D eigenvalue weighted by Gasteiger charge is -2.11. The summed E-state index contributed by atoms with van der Waals surface area (Å²) in [4.78, 5) is 27.1. The molecule has 154 valence electrons. The zero-order chi connectivity index (χ0) is 20.9. The summed E-state index contributed by atoms with van der Waals surface area (Å²) in [5.41, 5.74) is 1.87. The van der Waals surface area contributed by atoms with Crippen LogP contribution >= 0.6 is 0 Å². The molecule has 1 aromatic rings. The van der Waals surface area contributed by atoms with E-state index in [9.17, 15) is 4.79 Å². The summed E-state index contributed by atoms with van der Waals surface area (Å²) in [5, 5.41) is 14.2. The molecule has 9 heteroatoms. The number of oxime groups is 3. The molecule has 0 radical (unpaired) electrons. The number of hydrogen-bond acceptors (Lipinski definition) is 8. The van der Waals surface area contributed by atoms with Crippen LogP contribution in [0.4, 0.5) is 0 Å². The van der Waals surface area contributed by atoms with Crippen molar-refractivity contribution in [1.29, 1.82) is 0 Å². The molecule has 1 rings (SSSR count). The second-order valence-electron chi connectivity index (χ2n) is 6.09. The van der Waals surface area contributed by atoms with E-state index < -0.39 is 0 Å². The van der Waals surface area contributed by atoms with Crippen molar-refractivity contribution in [2.75, 3.05) is 27.9 Å². The number of carbonyl (C=O) groups excluding carboxylic acids is 1. The summed E-state index contributed by atoms with van der Waals surface area (Å²) in [6.45, 7) is 6.33. The molecule has 1 N–H and O–H groups in total. The van der Waals surface area contributed by atoms with Gasteiger partial charge in [-0.05, 0) is 18.0 Å². The van der Waals surface area contributed by atoms with Crippen LogP contribution in [0.1, 0.15) is 31.9 Å². The van der Waals surface area contributed by atoms with Gasteiger partial charge in [-0.15, -0.1) is 0 Å². The minimum Gasteiger partial charge on any atom is -0.474 e. The van der Waals surface area contributed by atoms with Crippen molar-refractivity contribution in [3.8, 4) is 0 Å². The van der Waals surface area contributed by atoms with Gasteiger partial charge in [-0.1, -0.05) is 48.4 Å². The summed E-state index contributed by atoms with van der Waals surface area (Å²) in [5.74, 6) is 0.202. The maximum Gasteiger partial charge on any atom is 0.275 e. The number of ether oxygens (including phenoxy) is 1. The van der Waals surface area contributed by atoms with E-state index in [2.05, 4.69) is 20.8 Å². The Kier molecular flexibility index (Phi) is 10.1. The van der Waals surface area contributed by atoms with Crippen molar-refractivity contribution in [1.82, 2.24) is 5.32 Å². The number of carbonyl (C=O) groups is 1. The number of likely N-dealkylation sites (N-methyl/N-ethyl adjacent to an activating group) is 1.